The van der Waals surface area contributed by atoms with Gasteiger partial charge >= 0.3 is 0 Å². The second-order valence-electron chi connectivity index (χ2n) is 4.93. The number of carbonyl (C=O) groups excluding carboxylic acids is 1. The molecule has 0 aromatic heterocycles. The summed E-state index contributed by atoms with van der Waals surface area (Å²) in [6.45, 7) is 6.19. The summed E-state index contributed by atoms with van der Waals surface area (Å²) in [6, 6.07) is 8.03. The summed E-state index contributed by atoms with van der Waals surface area (Å²) in [4.78, 5) is 11.2. The van der Waals surface area contributed by atoms with Crippen LogP contribution in [0.15, 0.2) is 43.0 Å². The van der Waals surface area contributed by atoms with Gasteiger partial charge in [0.15, 0.2) is 0 Å². The zero-order valence-electron chi connectivity index (χ0n) is 11.6. The lowest BCUT2D eigenvalue weighted by atomic mass is 9.96. The van der Waals surface area contributed by atoms with Gasteiger partial charge in [0.25, 0.3) is 0 Å². The smallest absolute Gasteiger partial charge is 0.234 e. The summed E-state index contributed by atoms with van der Waals surface area (Å²) in [5.74, 6) is 1.17. The summed E-state index contributed by atoms with van der Waals surface area (Å²) in [6.07, 6.45) is 6.39. The van der Waals surface area contributed by atoms with Gasteiger partial charge in [-0.15, -0.1) is 0 Å². The molecule has 1 heterocycles. The average molecular weight is 272 g/mol. The lowest BCUT2D eigenvalue weighted by molar-refractivity contribution is -0.125. The second-order valence-corrected chi connectivity index (χ2v) is 4.93. The molecule has 0 bridgehead atoms. The second kappa shape index (κ2) is 6.91. The predicted octanol–water partition coefficient (Wildman–Crippen LogP) is 2.29. The van der Waals surface area contributed by atoms with Crippen molar-refractivity contribution in [2.24, 2.45) is 5.92 Å². The van der Waals surface area contributed by atoms with E-state index in [1.807, 2.05) is 30.3 Å². The van der Waals surface area contributed by atoms with Crippen LogP contribution < -0.4 is 15.6 Å². The SMILES string of the molecule is C=CCOc1ccc(/C=C/C2NNC(=O)CC2C)cc1. The molecule has 1 aromatic carbocycles. The number of hydrogen-bond donors (Lipinski definition) is 2. The van der Waals surface area contributed by atoms with Crippen LogP contribution in [0, 0.1) is 5.92 Å². The van der Waals surface area contributed by atoms with Crippen molar-refractivity contribution in [2.75, 3.05) is 6.61 Å². The molecule has 0 aliphatic carbocycles. The molecule has 2 atom stereocenters. The highest BCUT2D eigenvalue weighted by Gasteiger charge is 2.22. The first-order chi connectivity index (χ1) is 9.69. The van der Waals surface area contributed by atoms with Gasteiger partial charge in [-0.05, 0) is 23.6 Å². The van der Waals surface area contributed by atoms with E-state index in [4.69, 9.17) is 4.74 Å². The van der Waals surface area contributed by atoms with Gasteiger partial charge in [-0.3, -0.25) is 10.2 Å². The standard InChI is InChI=1S/C16H20N2O2/c1-3-10-20-14-7-4-13(5-8-14)6-9-15-12(2)11-16(19)18-17-15/h3-9,12,15,17H,1,10-11H2,2H3,(H,18,19)/b9-6+. The quantitative estimate of drug-likeness (QED) is 0.809. The largest absolute Gasteiger partial charge is 0.490 e. The Balaban J connectivity index is 1.93. The highest BCUT2D eigenvalue weighted by Crippen LogP contribution is 2.16. The van der Waals surface area contributed by atoms with E-state index < -0.39 is 0 Å². The van der Waals surface area contributed by atoms with Crippen LogP contribution >= 0.6 is 0 Å². The van der Waals surface area contributed by atoms with E-state index in [-0.39, 0.29) is 17.9 Å². The first kappa shape index (κ1) is 14.3. The van der Waals surface area contributed by atoms with E-state index >= 15 is 0 Å². The minimum atomic E-state index is 0.0471. The minimum absolute atomic E-state index is 0.0471. The summed E-state index contributed by atoms with van der Waals surface area (Å²) in [7, 11) is 0. The number of hydrogen-bond acceptors (Lipinski definition) is 3. The molecule has 2 rings (SSSR count). The molecule has 2 unspecified atom stereocenters. The van der Waals surface area contributed by atoms with Crippen LogP contribution in [0.4, 0.5) is 0 Å². The third kappa shape index (κ3) is 3.96. The lowest BCUT2D eigenvalue weighted by Crippen LogP contribution is -2.52. The maximum Gasteiger partial charge on any atom is 0.234 e. The number of benzene rings is 1. The molecule has 1 fully saturated rings. The molecule has 106 valence electrons. The van der Waals surface area contributed by atoms with E-state index in [1.165, 1.54) is 0 Å². The van der Waals surface area contributed by atoms with Gasteiger partial charge < -0.3 is 4.74 Å². The molecule has 1 amide bonds. The highest BCUT2D eigenvalue weighted by molar-refractivity contribution is 5.76. The molecule has 1 saturated heterocycles. The van der Waals surface area contributed by atoms with Crippen LogP contribution in [0.5, 0.6) is 5.75 Å². The van der Waals surface area contributed by atoms with Crippen LogP contribution in [0.3, 0.4) is 0 Å². The van der Waals surface area contributed by atoms with Crippen molar-refractivity contribution in [2.45, 2.75) is 19.4 Å². The summed E-state index contributed by atoms with van der Waals surface area (Å²) < 4.78 is 5.43. The molecule has 0 saturated carbocycles. The first-order valence-electron chi connectivity index (χ1n) is 6.75. The molecule has 4 nitrogen and oxygen atoms in total. The number of ether oxygens (including phenoxy) is 1. The Morgan fingerprint density at radius 1 is 1.40 bits per heavy atom. The Bertz CT molecular complexity index is 494. The number of amides is 1. The molecular weight excluding hydrogens is 252 g/mol. The van der Waals surface area contributed by atoms with Gasteiger partial charge in [-0.1, -0.05) is 43.9 Å². The van der Waals surface area contributed by atoms with Crippen LogP contribution in [-0.4, -0.2) is 18.6 Å². The van der Waals surface area contributed by atoms with Crippen molar-refractivity contribution in [3.8, 4) is 5.75 Å². The van der Waals surface area contributed by atoms with Gasteiger partial charge in [-0.25, -0.2) is 5.43 Å². The van der Waals surface area contributed by atoms with Gasteiger partial charge in [0.1, 0.15) is 12.4 Å². The minimum Gasteiger partial charge on any atom is -0.490 e. The van der Waals surface area contributed by atoms with E-state index in [9.17, 15) is 4.79 Å². The Labute approximate surface area is 119 Å². The predicted molar refractivity (Wildman–Crippen MR) is 80.0 cm³/mol. The maximum absolute atomic E-state index is 11.2. The Morgan fingerprint density at radius 3 is 2.80 bits per heavy atom. The Kier molecular flexibility index (Phi) is 4.96. The molecule has 1 aromatic rings. The number of carbonyl (C=O) groups is 1. The fraction of sp³-hybridized carbons (Fsp3) is 0.312. The van der Waals surface area contributed by atoms with E-state index in [0.717, 1.165) is 11.3 Å². The first-order valence-corrected chi connectivity index (χ1v) is 6.75. The van der Waals surface area contributed by atoms with Crippen molar-refractivity contribution in [3.63, 3.8) is 0 Å². The molecular formula is C16H20N2O2. The normalized spacial score (nSPS) is 22.6. The van der Waals surface area contributed by atoms with Crippen LogP contribution in [0.1, 0.15) is 18.9 Å². The van der Waals surface area contributed by atoms with Gasteiger partial charge in [0, 0.05) is 12.5 Å². The third-order valence-corrected chi connectivity index (χ3v) is 3.24. The molecule has 20 heavy (non-hydrogen) atoms. The van der Waals surface area contributed by atoms with Crippen molar-refractivity contribution in [3.05, 3.63) is 48.6 Å². The van der Waals surface area contributed by atoms with E-state index in [0.29, 0.717) is 13.0 Å². The lowest BCUT2D eigenvalue weighted by Gasteiger charge is -2.27. The highest BCUT2D eigenvalue weighted by atomic mass is 16.5. The van der Waals surface area contributed by atoms with Crippen molar-refractivity contribution in [1.29, 1.82) is 0 Å². The molecule has 0 radical (unpaired) electrons. The number of rotatable bonds is 5. The number of nitrogens with one attached hydrogen (secondary N) is 2. The maximum atomic E-state index is 11.2. The van der Waals surface area contributed by atoms with Gasteiger partial charge in [-0.2, -0.15) is 0 Å². The Hall–Kier alpha value is -2.07. The van der Waals surface area contributed by atoms with Crippen LogP contribution in [0.25, 0.3) is 6.08 Å². The van der Waals surface area contributed by atoms with Crippen molar-refractivity contribution in [1.82, 2.24) is 10.9 Å². The zero-order valence-corrected chi connectivity index (χ0v) is 11.6. The van der Waals surface area contributed by atoms with Crippen LogP contribution in [-0.2, 0) is 4.79 Å². The summed E-state index contributed by atoms with van der Waals surface area (Å²) >= 11 is 0. The average Bonchev–Trinajstić information content (AvgIpc) is 2.45. The van der Waals surface area contributed by atoms with Crippen LogP contribution in [0.2, 0.25) is 0 Å². The molecule has 1 aliphatic heterocycles. The van der Waals surface area contributed by atoms with E-state index in [1.54, 1.807) is 6.08 Å². The van der Waals surface area contributed by atoms with Crippen molar-refractivity contribution < 1.29 is 9.53 Å². The number of hydrazine groups is 1. The molecule has 0 spiro atoms. The fourth-order valence-corrected chi connectivity index (χ4v) is 2.06. The monoisotopic (exact) mass is 272 g/mol. The van der Waals surface area contributed by atoms with Crippen molar-refractivity contribution >= 4 is 12.0 Å². The topological polar surface area (TPSA) is 50.4 Å². The van der Waals surface area contributed by atoms with Gasteiger partial charge in [0.05, 0.1) is 0 Å². The molecule has 4 heteroatoms. The van der Waals surface area contributed by atoms with Gasteiger partial charge in [0.2, 0.25) is 5.91 Å². The fourth-order valence-electron chi connectivity index (χ4n) is 2.06. The van der Waals surface area contributed by atoms with E-state index in [2.05, 4.69) is 30.4 Å². The summed E-state index contributed by atoms with van der Waals surface area (Å²) in [5.41, 5.74) is 6.77. The zero-order chi connectivity index (χ0) is 14.4. The third-order valence-electron chi connectivity index (χ3n) is 3.24. The summed E-state index contributed by atoms with van der Waals surface area (Å²) in [5, 5.41) is 0. The molecule has 1 aliphatic rings. The Morgan fingerprint density at radius 2 is 2.15 bits per heavy atom. The molecule has 2 N–H and O–H groups in total.